The number of fused-ring (bicyclic) bond motifs is 1. The van der Waals surface area contributed by atoms with Crippen molar-refractivity contribution >= 4 is 27.3 Å². The summed E-state index contributed by atoms with van der Waals surface area (Å²) >= 11 is 5.93. The zero-order valence-electron chi connectivity index (χ0n) is 11.2. The van der Waals surface area contributed by atoms with E-state index >= 15 is 0 Å². The number of pyridine rings is 1. The fourth-order valence-electron chi connectivity index (χ4n) is 1.80. The number of halogens is 1. The number of sulfonamides is 1. The van der Waals surface area contributed by atoms with Gasteiger partial charge in [-0.15, -0.1) is 0 Å². The predicted molar refractivity (Wildman–Crippen MR) is 77.9 cm³/mol. The van der Waals surface area contributed by atoms with Gasteiger partial charge in [0.05, 0.1) is 13.2 Å². The first-order chi connectivity index (χ1) is 10.1. The summed E-state index contributed by atoms with van der Waals surface area (Å²) in [6.45, 7) is 0.767. The molecule has 0 amide bonds. The number of nitrogens with one attached hydrogen (secondary N) is 1. The Balaban J connectivity index is 2.06. The summed E-state index contributed by atoms with van der Waals surface area (Å²) in [5, 5.41) is 8.41. The lowest BCUT2D eigenvalue weighted by Crippen LogP contribution is -2.27. The molecule has 21 heavy (non-hydrogen) atoms. The van der Waals surface area contributed by atoms with Crippen LogP contribution in [0.25, 0.3) is 5.65 Å². The van der Waals surface area contributed by atoms with Gasteiger partial charge in [-0.3, -0.25) is 4.40 Å². The van der Waals surface area contributed by atoms with Crippen molar-refractivity contribution < 1.29 is 18.3 Å². The normalized spacial score (nSPS) is 12.1. The predicted octanol–water partition coefficient (Wildman–Crippen LogP) is 0.665. The number of hydrogen-bond acceptors (Lipinski definition) is 5. The molecule has 2 rings (SSSR count). The van der Waals surface area contributed by atoms with Gasteiger partial charge >= 0.3 is 0 Å². The minimum Gasteiger partial charge on any atom is -0.394 e. The third-order valence-corrected chi connectivity index (χ3v) is 4.55. The fourth-order valence-corrected chi connectivity index (χ4v) is 3.51. The van der Waals surface area contributed by atoms with Crippen LogP contribution in [0.3, 0.4) is 0 Å². The number of ether oxygens (including phenoxy) is 1. The second kappa shape index (κ2) is 7.19. The van der Waals surface area contributed by atoms with E-state index in [1.807, 2.05) is 0 Å². The van der Waals surface area contributed by atoms with Crippen molar-refractivity contribution in [3.05, 3.63) is 29.5 Å². The molecule has 116 valence electrons. The third kappa shape index (κ3) is 3.92. The molecule has 9 heteroatoms. The van der Waals surface area contributed by atoms with E-state index in [2.05, 4.69) is 9.71 Å². The van der Waals surface area contributed by atoms with Gasteiger partial charge in [0.25, 0.3) is 10.0 Å². The van der Waals surface area contributed by atoms with Gasteiger partial charge < -0.3 is 9.84 Å². The maximum atomic E-state index is 12.3. The lowest BCUT2D eigenvalue weighted by molar-refractivity contribution is 0.0913. The number of rotatable bonds is 8. The Hall–Kier alpha value is -1.19. The zero-order valence-corrected chi connectivity index (χ0v) is 12.8. The maximum absolute atomic E-state index is 12.3. The topological polar surface area (TPSA) is 92.9 Å². The minimum atomic E-state index is -3.75. The van der Waals surface area contributed by atoms with Crippen molar-refractivity contribution in [3.63, 3.8) is 0 Å². The highest BCUT2D eigenvalue weighted by molar-refractivity contribution is 7.89. The molecule has 7 nitrogen and oxygen atoms in total. The quantitative estimate of drug-likeness (QED) is 0.692. The summed E-state index contributed by atoms with van der Waals surface area (Å²) in [7, 11) is -3.75. The largest absolute Gasteiger partial charge is 0.394 e. The van der Waals surface area contributed by atoms with E-state index in [1.165, 1.54) is 4.40 Å². The number of nitrogens with zero attached hydrogens (tertiary/aromatic N) is 2. The highest BCUT2D eigenvalue weighted by atomic mass is 35.5. The molecule has 0 atom stereocenters. The Labute approximate surface area is 127 Å². The number of imidazole rings is 1. The van der Waals surface area contributed by atoms with Gasteiger partial charge in [0.1, 0.15) is 5.65 Å². The molecule has 2 aromatic heterocycles. The number of aliphatic hydroxyl groups excluding tert-OH is 1. The van der Waals surface area contributed by atoms with Crippen LogP contribution in [-0.2, 0) is 14.8 Å². The second-order valence-electron chi connectivity index (χ2n) is 4.22. The van der Waals surface area contributed by atoms with Crippen molar-refractivity contribution in [3.8, 4) is 0 Å². The van der Waals surface area contributed by atoms with Gasteiger partial charge in [-0.1, -0.05) is 17.7 Å². The van der Waals surface area contributed by atoms with Crippen LogP contribution >= 0.6 is 11.6 Å². The van der Waals surface area contributed by atoms with Gasteiger partial charge in [0.15, 0.2) is 10.2 Å². The van der Waals surface area contributed by atoms with E-state index in [0.29, 0.717) is 18.7 Å². The van der Waals surface area contributed by atoms with Crippen molar-refractivity contribution in [1.29, 1.82) is 0 Å². The Morgan fingerprint density at radius 1 is 1.38 bits per heavy atom. The molecule has 0 saturated heterocycles. The lowest BCUT2D eigenvalue weighted by Gasteiger charge is -2.07. The number of aliphatic hydroxyl groups is 1. The van der Waals surface area contributed by atoms with E-state index in [-0.39, 0.29) is 29.9 Å². The first-order valence-corrected chi connectivity index (χ1v) is 8.23. The van der Waals surface area contributed by atoms with Crippen molar-refractivity contribution in [2.24, 2.45) is 0 Å². The van der Waals surface area contributed by atoms with Gasteiger partial charge in [-0.05, 0) is 18.6 Å². The third-order valence-electron chi connectivity index (χ3n) is 2.69. The molecule has 0 aliphatic carbocycles. The van der Waals surface area contributed by atoms with Gasteiger partial charge in [0.2, 0.25) is 0 Å². The summed E-state index contributed by atoms with van der Waals surface area (Å²) in [6, 6.07) is 5.13. The van der Waals surface area contributed by atoms with E-state index in [4.69, 9.17) is 21.4 Å². The molecule has 0 spiro atoms. The van der Waals surface area contributed by atoms with Gasteiger partial charge in [-0.2, -0.15) is 0 Å². The van der Waals surface area contributed by atoms with Crippen LogP contribution in [0.2, 0.25) is 5.15 Å². The van der Waals surface area contributed by atoms with E-state index in [1.54, 1.807) is 24.4 Å². The Bertz CT molecular complexity index is 702. The van der Waals surface area contributed by atoms with Crippen LogP contribution in [0.4, 0.5) is 0 Å². The molecule has 0 saturated carbocycles. The van der Waals surface area contributed by atoms with Crippen LogP contribution in [0.1, 0.15) is 6.42 Å². The monoisotopic (exact) mass is 333 g/mol. The average molecular weight is 334 g/mol. The molecule has 0 fully saturated rings. The van der Waals surface area contributed by atoms with Crippen molar-refractivity contribution in [2.45, 2.75) is 11.4 Å². The zero-order chi connectivity index (χ0) is 15.3. The molecule has 2 aromatic rings. The first-order valence-electron chi connectivity index (χ1n) is 6.37. The summed E-state index contributed by atoms with van der Waals surface area (Å²) < 4.78 is 33.5. The average Bonchev–Trinajstić information content (AvgIpc) is 2.79. The SMILES string of the molecule is O=S(=O)(NCCCOCCO)c1c(Cl)nc2ccccn12. The Morgan fingerprint density at radius 3 is 2.95 bits per heavy atom. The smallest absolute Gasteiger partial charge is 0.259 e. The standard InChI is InChI=1S/C12H16ClN3O4S/c13-11-12(16-6-2-1-4-10(16)15-11)21(18,19)14-5-3-8-20-9-7-17/h1-2,4,6,14,17H,3,5,7-9H2. The molecule has 0 bridgehead atoms. The number of hydrogen-bond donors (Lipinski definition) is 2. The summed E-state index contributed by atoms with van der Waals surface area (Å²) in [5.41, 5.74) is 0.467. The Morgan fingerprint density at radius 2 is 2.19 bits per heavy atom. The van der Waals surface area contributed by atoms with Gasteiger partial charge in [0, 0.05) is 19.3 Å². The molecule has 2 heterocycles. The highest BCUT2D eigenvalue weighted by Gasteiger charge is 2.23. The second-order valence-corrected chi connectivity index (χ2v) is 6.26. The van der Waals surface area contributed by atoms with E-state index < -0.39 is 10.0 Å². The van der Waals surface area contributed by atoms with E-state index in [9.17, 15) is 8.42 Å². The van der Waals surface area contributed by atoms with Crippen LogP contribution in [0.5, 0.6) is 0 Å². The molecule has 0 unspecified atom stereocenters. The highest BCUT2D eigenvalue weighted by Crippen LogP contribution is 2.22. The van der Waals surface area contributed by atoms with Crippen LogP contribution < -0.4 is 4.72 Å². The molecule has 0 aliphatic heterocycles. The number of aromatic nitrogens is 2. The summed E-state index contributed by atoms with van der Waals surface area (Å²) in [6.07, 6.45) is 2.08. The first kappa shape index (κ1) is 16.2. The summed E-state index contributed by atoms with van der Waals surface area (Å²) in [5.74, 6) is 0. The minimum absolute atomic E-state index is 0.0524. The molecular weight excluding hydrogens is 318 g/mol. The van der Waals surface area contributed by atoms with Crippen LogP contribution in [0, 0.1) is 0 Å². The van der Waals surface area contributed by atoms with Gasteiger partial charge in [-0.25, -0.2) is 18.1 Å². The van der Waals surface area contributed by atoms with E-state index in [0.717, 1.165) is 0 Å². The van der Waals surface area contributed by atoms with Crippen LogP contribution in [-0.4, -0.2) is 49.3 Å². The van der Waals surface area contributed by atoms with Crippen molar-refractivity contribution in [2.75, 3.05) is 26.4 Å². The summed E-state index contributed by atoms with van der Waals surface area (Å²) in [4.78, 5) is 4.00. The maximum Gasteiger partial charge on any atom is 0.259 e. The molecule has 0 aromatic carbocycles. The molecule has 2 N–H and O–H groups in total. The fraction of sp³-hybridized carbons (Fsp3) is 0.417. The molecule has 0 radical (unpaired) electrons. The molecule has 0 aliphatic rings. The van der Waals surface area contributed by atoms with Crippen LogP contribution in [0.15, 0.2) is 29.4 Å². The lowest BCUT2D eigenvalue weighted by atomic mass is 10.5. The molecular formula is C12H16ClN3O4S. The van der Waals surface area contributed by atoms with Crippen molar-refractivity contribution in [1.82, 2.24) is 14.1 Å². The Kier molecular flexibility index (Phi) is 5.54.